The van der Waals surface area contributed by atoms with E-state index in [1.165, 1.54) is 0 Å². The molecule has 3 aromatic carbocycles. The summed E-state index contributed by atoms with van der Waals surface area (Å²) in [4.78, 5) is 17.6. The maximum atomic E-state index is 6.52. The van der Waals surface area contributed by atoms with Crippen LogP contribution < -0.4 is 0 Å². The van der Waals surface area contributed by atoms with Crippen molar-refractivity contribution in [2.45, 2.75) is 0 Å². The molecule has 0 amide bonds. The lowest BCUT2D eigenvalue weighted by Crippen LogP contribution is -1.93. The molecule has 0 aliphatic carbocycles. The van der Waals surface area contributed by atoms with E-state index in [9.17, 15) is 0 Å². The Morgan fingerprint density at radius 1 is 0.370 bits per heavy atom. The minimum Gasteiger partial charge on any atom is -0.452 e. The number of nitrogens with zero attached hydrogens (tertiary/aromatic N) is 6. The van der Waals surface area contributed by atoms with Crippen LogP contribution in [0.2, 0.25) is 0 Å². The zero-order valence-electron chi connectivity index (χ0n) is 24.0. The van der Waals surface area contributed by atoms with Gasteiger partial charge in [-0.15, -0.1) is 0 Å². The number of hydrogen-bond acceptors (Lipinski definition) is 6. The number of benzene rings is 3. The number of hydrogen-bond donors (Lipinski definition) is 0. The van der Waals surface area contributed by atoms with Gasteiger partial charge in [0.2, 0.25) is 0 Å². The molecule has 8 heterocycles. The van der Waals surface area contributed by atoms with E-state index in [4.69, 9.17) is 8.83 Å². The second kappa shape index (κ2) is 8.55. The number of pyridine rings is 4. The van der Waals surface area contributed by atoms with Gasteiger partial charge in [-0.1, -0.05) is 0 Å². The molecule has 214 valence electrons. The minimum atomic E-state index is 0.740. The highest BCUT2D eigenvalue weighted by atomic mass is 16.4. The molecule has 0 saturated heterocycles. The van der Waals surface area contributed by atoms with Crippen molar-refractivity contribution in [2.75, 3.05) is 0 Å². The van der Waals surface area contributed by atoms with E-state index in [-0.39, 0.29) is 0 Å². The van der Waals surface area contributed by atoms with Gasteiger partial charge in [0.05, 0.1) is 28.3 Å². The third kappa shape index (κ3) is 3.02. The van der Waals surface area contributed by atoms with Crippen LogP contribution in [0.4, 0.5) is 0 Å². The topological polar surface area (TPSA) is 87.7 Å². The lowest BCUT2D eigenvalue weighted by Gasteiger charge is -2.07. The van der Waals surface area contributed by atoms with Crippen molar-refractivity contribution in [1.29, 1.82) is 0 Å². The summed E-state index contributed by atoms with van der Waals surface area (Å²) >= 11 is 0. The first kappa shape index (κ1) is 23.9. The normalized spacial score (nSPS) is 12.3. The fraction of sp³-hybridized carbons (Fsp3) is 0. The van der Waals surface area contributed by atoms with Crippen LogP contribution in [-0.4, -0.2) is 29.1 Å². The molecule has 0 saturated carbocycles. The second-order valence-electron chi connectivity index (χ2n) is 11.6. The van der Waals surface area contributed by atoms with Crippen LogP contribution >= 0.6 is 0 Å². The SMILES string of the molecule is c1cc2c(cn1)c1cnccc1n2-c1ccc2oc3c(ccc4c5cc(-n6c7ccncc7c7ccncc76)ccc5oc43)c2c1. The molecule has 0 atom stereocenters. The van der Waals surface area contributed by atoms with Crippen molar-refractivity contribution in [3.63, 3.8) is 0 Å². The Balaban J connectivity index is 1.13. The van der Waals surface area contributed by atoms with Crippen molar-refractivity contribution in [1.82, 2.24) is 29.1 Å². The first-order valence-corrected chi connectivity index (χ1v) is 15.0. The van der Waals surface area contributed by atoms with Gasteiger partial charge >= 0.3 is 0 Å². The highest BCUT2D eigenvalue weighted by Crippen LogP contribution is 2.41. The minimum absolute atomic E-state index is 0.740. The Morgan fingerprint density at radius 2 is 0.826 bits per heavy atom. The van der Waals surface area contributed by atoms with Gasteiger partial charge in [0.25, 0.3) is 0 Å². The highest BCUT2D eigenvalue weighted by Gasteiger charge is 2.19. The fourth-order valence-electron chi connectivity index (χ4n) is 7.30. The fourth-order valence-corrected chi connectivity index (χ4v) is 7.30. The number of aromatic nitrogens is 6. The summed E-state index contributed by atoms with van der Waals surface area (Å²) in [5, 5.41) is 8.42. The molecule has 11 rings (SSSR count). The first-order chi connectivity index (χ1) is 22.8. The summed E-state index contributed by atoms with van der Waals surface area (Å²) in [5.74, 6) is 0. The molecule has 0 N–H and O–H groups in total. The summed E-state index contributed by atoms with van der Waals surface area (Å²) in [6.45, 7) is 0. The quantitative estimate of drug-likeness (QED) is 0.199. The van der Waals surface area contributed by atoms with E-state index < -0.39 is 0 Å². The van der Waals surface area contributed by atoms with Crippen molar-refractivity contribution < 1.29 is 8.83 Å². The van der Waals surface area contributed by atoms with E-state index in [0.29, 0.717) is 0 Å². The van der Waals surface area contributed by atoms with Crippen molar-refractivity contribution >= 4 is 87.5 Å². The van der Waals surface area contributed by atoms with Crippen LogP contribution in [0, 0.1) is 0 Å². The van der Waals surface area contributed by atoms with Crippen LogP contribution in [0.3, 0.4) is 0 Å². The van der Waals surface area contributed by atoms with E-state index in [0.717, 1.165) is 98.9 Å². The molecule has 0 aliphatic rings. The predicted octanol–water partition coefficient (Wildman–Crippen LogP) is 9.26. The van der Waals surface area contributed by atoms with Crippen molar-refractivity contribution in [3.8, 4) is 11.4 Å². The zero-order chi connectivity index (χ0) is 29.9. The Labute approximate surface area is 258 Å². The zero-order valence-corrected chi connectivity index (χ0v) is 24.0. The molecule has 46 heavy (non-hydrogen) atoms. The van der Waals surface area contributed by atoms with Crippen LogP contribution in [0.5, 0.6) is 0 Å². The van der Waals surface area contributed by atoms with Gasteiger partial charge in [-0.25, -0.2) is 0 Å². The van der Waals surface area contributed by atoms with Gasteiger partial charge < -0.3 is 18.0 Å². The lowest BCUT2D eigenvalue weighted by atomic mass is 10.1. The summed E-state index contributed by atoms with van der Waals surface area (Å²) in [7, 11) is 0. The van der Waals surface area contributed by atoms with Crippen LogP contribution in [0.15, 0.2) is 131 Å². The monoisotopic (exact) mass is 592 g/mol. The van der Waals surface area contributed by atoms with Gasteiger partial charge in [-0.2, -0.15) is 0 Å². The molecule has 0 bridgehead atoms. The summed E-state index contributed by atoms with van der Waals surface area (Å²) < 4.78 is 17.5. The molecule has 0 unspecified atom stereocenters. The smallest absolute Gasteiger partial charge is 0.178 e. The number of furan rings is 2. The standard InChI is InChI=1S/C38H20N6O2/c1-5-35-26(15-21(1)43-32-9-13-40-18-29(32)30-19-41-14-10-33(30)43)24-3-4-25-27-16-22(2-6-36(27)46-38(25)37(24)45-35)44-31-8-12-39-17-28(31)23-7-11-42-20-34(23)44/h1-20H. The third-order valence-electron chi connectivity index (χ3n) is 9.30. The highest BCUT2D eigenvalue weighted by molar-refractivity contribution is 6.19. The van der Waals surface area contributed by atoms with Gasteiger partial charge in [0.15, 0.2) is 11.2 Å². The Kier molecular flexibility index (Phi) is 4.43. The van der Waals surface area contributed by atoms with Crippen molar-refractivity contribution in [3.05, 3.63) is 122 Å². The Morgan fingerprint density at radius 3 is 1.37 bits per heavy atom. The predicted molar refractivity (Wildman–Crippen MR) is 181 cm³/mol. The molecular weight excluding hydrogens is 572 g/mol. The Hall–Kier alpha value is -6.54. The van der Waals surface area contributed by atoms with Crippen LogP contribution in [-0.2, 0) is 0 Å². The van der Waals surface area contributed by atoms with E-state index in [2.05, 4.69) is 65.5 Å². The van der Waals surface area contributed by atoms with Crippen LogP contribution in [0.25, 0.3) is 98.9 Å². The van der Waals surface area contributed by atoms with Gasteiger partial charge in [-0.05, 0) is 72.8 Å². The average molecular weight is 593 g/mol. The molecule has 8 nitrogen and oxygen atoms in total. The van der Waals surface area contributed by atoms with E-state index >= 15 is 0 Å². The maximum absolute atomic E-state index is 6.52. The molecule has 0 spiro atoms. The third-order valence-corrected chi connectivity index (χ3v) is 9.30. The largest absolute Gasteiger partial charge is 0.452 e. The van der Waals surface area contributed by atoms with E-state index in [1.807, 2.05) is 86.0 Å². The van der Waals surface area contributed by atoms with Crippen LogP contribution in [0.1, 0.15) is 0 Å². The molecule has 0 aliphatic heterocycles. The molecule has 8 heteroatoms. The van der Waals surface area contributed by atoms with Crippen molar-refractivity contribution in [2.24, 2.45) is 0 Å². The maximum Gasteiger partial charge on any atom is 0.178 e. The van der Waals surface area contributed by atoms with E-state index in [1.54, 1.807) is 0 Å². The molecular formula is C38H20N6O2. The average Bonchev–Trinajstić information content (AvgIpc) is 3.85. The summed E-state index contributed by atoms with van der Waals surface area (Å²) in [6, 6.07) is 25.1. The van der Waals surface area contributed by atoms with Gasteiger partial charge in [-0.3, -0.25) is 19.9 Å². The van der Waals surface area contributed by atoms with Gasteiger partial charge in [0, 0.05) is 97.8 Å². The molecule has 0 fully saturated rings. The summed E-state index contributed by atoms with van der Waals surface area (Å²) in [6.07, 6.45) is 14.9. The lowest BCUT2D eigenvalue weighted by molar-refractivity contribution is 0.633. The molecule has 8 aromatic heterocycles. The number of fused-ring (bicyclic) bond motifs is 13. The first-order valence-electron chi connectivity index (χ1n) is 15.0. The van der Waals surface area contributed by atoms with Gasteiger partial charge in [0.1, 0.15) is 11.2 Å². The Bertz CT molecular complexity index is 2740. The number of rotatable bonds is 2. The molecule has 0 radical (unpaired) electrons. The summed E-state index contributed by atoms with van der Waals surface area (Å²) in [5.41, 5.74) is 9.43. The second-order valence-corrected chi connectivity index (χ2v) is 11.6. The molecule has 11 aromatic rings.